The predicted molar refractivity (Wildman–Crippen MR) is 96.5 cm³/mol. The van der Waals surface area contributed by atoms with Crippen LogP contribution in [-0.2, 0) is 21.7 Å². The van der Waals surface area contributed by atoms with Crippen molar-refractivity contribution >= 4 is 32.3 Å². The number of rotatable bonds is 3. The first kappa shape index (κ1) is 17.7. The number of fused-ring (bicyclic) bond motifs is 1. The molecular formula is C16H25N3O3S2. The molecule has 1 saturated heterocycles. The maximum atomic E-state index is 12.5. The van der Waals surface area contributed by atoms with Crippen LogP contribution in [-0.4, -0.2) is 49.4 Å². The van der Waals surface area contributed by atoms with Crippen molar-refractivity contribution in [2.75, 3.05) is 30.4 Å². The molecule has 0 bridgehead atoms. The zero-order valence-corrected chi connectivity index (χ0v) is 16.1. The minimum absolute atomic E-state index is 0.0275. The molecule has 2 heterocycles. The lowest BCUT2D eigenvalue weighted by Crippen LogP contribution is -2.43. The number of nitrogens with one attached hydrogen (secondary N) is 1. The molecule has 1 aromatic heterocycles. The van der Waals surface area contributed by atoms with Crippen molar-refractivity contribution in [2.24, 2.45) is 5.92 Å². The highest BCUT2D eigenvalue weighted by atomic mass is 32.2. The van der Waals surface area contributed by atoms with Crippen LogP contribution >= 0.6 is 11.3 Å². The van der Waals surface area contributed by atoms with Crippen LogP contribution in [0.15, 0.2) is 0 Å². The number of aryl methyl sites for hydroxylation is 1. The quantitative estimate of drug-likeness (QED) is 0.886. The van der Waals surface area contributed by atoms with Crippen molar-refractivity contribution in [3.05, 3.63) is 10.6 Å². The first-order valence-corrected chi connectivity index (χ1v) is 11.3. The predicted octanol–water partition coefficient (Wildman–Crippen LogP) is 2.66. The summed E-state index contributed by atoms with van der Waals surface area (Å²) in [6, 6.07) is -0.168. The summed E-state index contributed by atoms with van der Waals surface area (Å²) in [7, 11) is -3.01. The van der Waals surface area contributed by atoms with Gasteiger partial charge in [0.25, 0.3) is 0 Å². The van der Waals surface area contributed by atoms with E-state index >= 15 is 0 Å². The summed E-state index contributed by atoms with van der Waals surface area (Å²) in [4.78, 5) is 20.1. The van der Waals surface area contributed by atoms with E-state index < -0.39 is 9.84 Å². The Balaban J connectivity index is 1.63. The van der Waals surface area contributed by atoms with Gasteiger partial charge < -0.3 is 4.90 Å². The molecular weight excluding hydrogens is 346 g/mol. The lowest BCUT2D eigenvalue weighted by Gasteiger charge is -2.32. The highest BCUT2D eigenvalue weighted by molar-refractivity contribution is 7.90. The molecule has 1 N–H and O–H groups in total. The van der Waals surface area contributed by atoms with Gasteiger partial charge in [0.1, 0.15) is 9.84 Å². The largest absolute Gasteiger partial charge is 0.324 e. The van der Waals surface area contributed by atoms with Crippen LogP contribution in [0.1, 0.15) is 43.7 Å². The number of anilines is 1. The Morgan fingerprint density at radius 3 is 2.88 bits per heavy atom. The second-order valence-electron chi connectivity index (χ2n) is 7.65. The zero-order valence-electron chi connectivity index (χ0n) is 14.5. The summed E-state index contributed by atoms with van der Waals surface area (Å²) < 4.78 is 23.0. The summed E-state index contributed by atoms with van der Waals surface area (Å²) in [6.45, 7) is 5.54. The van der Waals surface area contributed by atoms with Gasteiger partial charge in [0.15, 0.2) is 5.13 Å². The molecule has 0 radical (unpaired) electrons. The fraction of sp³-hybridized carbons (Fsp3) is 0.750. The summed E-state index contributed by atoms with van der Waals surface area (Å²) in [5.41, 5.74) is 1.19. The molecule has 1 aromatic rings. The van der Waals surface area contributed by atoms with E-state index in [-0.39, 0.29) is 23.1 Å². The van der Waals surface area contributed by atoms with Gasteiger partial charge in [-0.2, -0.15) is 0 Å². The van der Waals surface area contributed by atoms with Crippen molar-refractivity contribution < 1.29 is 13.2 Å². The fourth-order valence-electron chi connectivity index (χ4n) is 3.63. The number of piperidine rings is 1. The van der Waals surface area contributed by atoms with Crippen LogP contribution in [0.4, 0.5) is 9.93 Å². The molecule has 24 heavy (non-hydrogen) atoms. The van der Waals surface area contributed by atoms with Crippen LogP contribution in [0.2, 0.25) is 0 Å². The van der Waals surface area contributed by atoms with Crippen molar-refractivity contribution in [3.8, 4) is 0 Å². The molecule has 0 saturated carbocycles. The van der Waals surface area contributed by atoms with Gasteiger partial charge in [-0.1, -0.05) is 13.8 Å². The molecule has 6 nitrogen and oxygen atoms in total. The van der Waals surface area contributed by atoms with Gasteiger partial charge in [-0.25, -0.2) is 18.2 Å². The monoisotopic (exact) mass is 371 g/mol. The highest BCUT2D eigenvalue weighted by Gasteiger charge is 2.34. The van der Waals surface area contributed by atoms with Gasteiger partial charge in [0, 0.05) is 29.6 Å². The Kier molecular flexibility index (Phi) is 4.63. The van der Waals surface area contributed by atoms with E-state index in [2.05, 4.69) is 24.1 Å². The summed E-state index contributed by atoms with van der Waals surface area (Å²) in [5.74, 6) is 0.177. The molecule has 2 amide bonds. The minimum Gasteiger partial charge on any atom is -0.324 e. The van der Waals surface area contributed by atoms with Crippen LogP contribution < -0.4 is 5.32 Å². The molecule has 8 heteroatoms. The van der Waals surface area contributed by atoms with E-state index in [0.29, 0.717) is 18.2 Å². The van der Waals surface area contributed by atoms with Gasteiger partial charge in [-0.15, -0.1) is 11.3 Å². The van der Waals surface area contributed by atoms with E-state index in [1.54, 1.807) is 16.2 Å². The van der Waals surface area contributed by atoms with E-state index in [0.717, 1.165) is 31.4 Å². The molecule has 1 aliphatic heterocycles. The van der Waals surface area contributed by atoms with Gasteiger partial charge in [-0.05, 0) is 31.6 Å². The average molecular weight is 372 g/mol. The lowest BCUT2D eigenvalue weighted by atomic mass is 9.91. The third-order valence-electron chi connectivity index (χ3n) is 4.87. The van der Waals surface area contributed by atoms with E-state index in [1.807, 2.05) is 0 Å². The number of aromatic nitrogens is 1. The Morgan fingerprint density at radius 1 is 1.46 bits per heavy atom. The molecule has 3 rings (SSSR count). The summed E-state index contributed by atoms with van der Waals surface area (Å²) in [6.07, 6.45) is 5.08. The Morgan fingerprint density at radius 2 is 2.21 bits per heavy atom. The third-order valence-corrected chi connectivity index (χ3v) is 6.98. The molecule has 1 aliphatic carbocycles. The average Bonchev–Trinajstić information content (AvgIpc) is 2.98. The molecule has 2 aliphatic rings. The van der Waals surface area contributed by atoms with Gasteiger partial charge in [0.05, 0.1) is 11.4 Å². The van der Waals surface area contributed by atoms with Crippen molar-refractivity contribution in [1.29, 1.82) is 0 Å². The number of hydrogen-bond acceptors (Lipinski definition) is 5. The zero-order chi connectivity index (χ0) is 17.5. The highest BCUT2D eigenvalue weighted by Crippen LogP contribution is 2.42. The molecule has 1 atom stereocenters. The number of urea groups is 1. The van der Waals surface area contributed by atoms with Gasteiger partial charge in [0.2, 0.25) is 0 Å². The van der Waals surface area contributed by atoms with Crippen molar-refractivity contribution in [1.82, 2.24) is 9.88 Å². The van der Waals surface area contributed by atoms with Crippen LogP contribution in [0.5, 0.6) is 0 Å². The minimum atomic E-state index is -3.01. The molecule has 0 spiro atoms. The van der Waals surface area contributed by atoms with Crippen LogP contribution in [0, 0.1) is 5.92 Å². The number of carbonyl (C=O) groups is 1. The number of sulfone groups is 1. The normalized spacial score (nSPS) is 23.1. The van der Waals surface area contributed by atoms with E-state index in [1.165, 1.54) is 11.1 Å². The molecule has 1 unspecified atom stereocenters. The summed E-state index contributed by atoms with van der Waals surface area (Å²) >= 11 is 1.56. The van der Waals surface area contributed by atoms with Crippen molar-refractivity contribution in [3.63, 3.8) is 0 Å². The van der Waals surface area contributed by atoms with Crippen LogP contribution in [0.3, 0.4) is 0 Å². The number of thiazole rings is 1. The second kappa shape index (κ2) is 6.29. The first-order chi connectivity index (χ1) is 11.1. The lowest BCUT2D eigenvalue weighted by molar-refractivity contribution is 0.183. The number of likely N-dealkylation sites (tertiary alicyclic amines) is 1. The second-order valence-corrected chi connectivity index (χ2v) is 10.9. The number of hydrogen-bond donors (Lipinski definition) is 1. The smallest absolute Gasteiger partial charge is 0.323 e. The Bertz CT molecular complexity index is 740. The van der Waals surface area contributed by atoms with E-state index in [4.69, 9.17) is 0 Å². The maximum Gasteiger partial charge on any atom is 0.323 e. The third kappa shape index (κ3) is 3.91. The Hall–Kier alpha value is -1.15. The fourth-order valence-corrected chi connectivity index (χ4v) is 5.89. The standard InChI is InChI=1S/C16H25N3O3S2/c1-16(2)7-6-12-13(16)17-14(23-12)18-15(20)19-8-4-5-11(9-19)10-24(3,21)22/h11H,4-10H2,1-3H3,(H,17,18,20). The maximum absolute atomic E-state index is 12.5. The van der Waals surface area contributed by atoms with E-state index in [9.17, 15) is 13.2 Å². The molecule has 1 fully saturated rings. The topological polar surface area (TPSA) is 79.4 Å². The molecule has 0 aromatic carbocycles. The summed E-state index contributed by atoms with van der Waals surface area (Å²) in [5, 5.41) is 3.56. The SMILES string of the molecule is CC1(C)CCc2sc(NC(=O)N3CCCC(CS(C)(=O)=O)C3)nc21. The van der Waals surface area contributed by atoms with Crippen LogP contribution in [0.25, 0.3) is 0 Å². The number of amides is 2. The molecule has 134 valence electrons. The Labute approximate surface area is 147 Å². The number of nitrogens with zero attached hydrogens (tertiary/aromatic N) is 2. The first-order valence-electron chi connectivity index (χ1n) is 8.38. The van der Waals surface area contributed by atoms with Gasteiger partial charge in [-0.3, -0.25) is 5.32 Å². The van der Waals surface area contributed by atoms with Gasteiger partial charge >= 0.3 is 6.03 Å². The number of carbonyl (C=O) groups excluding carboxylic acids is 1. The van der Waals surface area contributed by atoms with Crippen molar-refractivity contribution in [2.45, 2.75) is 44.9 Å².